The summed E-state index contributed by atoms with van der Waals surface area (Å²) in [7, 11) is 0. The molecule has 1 aromatic rings. The van der Waals surface area contributed by atoms with E-state index in [2.05, 4.69) is 15.9 Å². The monoisotopic (exact) mass is 319 g/mol. The fourth-order valence-electron chi connectivity index (χ4n) is 1.41. The maximum absolute atomic E-state index is 11.2. The first-order chi connectivity index (χ1) is 7.71. The quantitative estimate of drug-likeness (QED) is 0.878. The molecule has 0 bridgehead atoms. The Morgan fingerprint density at radius 3 is 2.47 bits per heavy atom. The summed E-state index contributed by atoms with van der Waals surface area (Å²) in [6.45, 7) is 5.93. The van der Waals surface area contributed by atoms with Crippen molar-refractivity contribution in [3.8, 4) is 0 Å². The zero-order valence-electron chi connectivity index (χ0n) is 10.00. The highest BCUT2D eigenvalue weighted by molar-refractivity contribution is 9.10. The van der Waals surface area contributed by atoms with E-state index in [0.717, 1.165) is 10.0 Å². The number of benzene rings is 1. The third kappa shape index (κ3) is 3.89. The van der Waals surface area contributed by atoms with E-state index in [1.807, 2.05) is 26.8 Å². The molecule has 17 heavy (non-hydrogen) atoms. The van der Waals surface area contributed by atoms with Crippen LogP contribution in [0.25, 0.3) is 0 Å². The van der Waals surface area contributed by atoms with E-state index < -0.39 is 11.6 Å². The van der Waals surface area contributed by atoms with Crippen LogP contribution in [0.4, 0.5) is 4.79 Å². The minimum Gasteiger partial charge on any atom is -0.465 e. The smallest absolute Gasteiger partial charge is 0.408 e. The molecule has 0 saturated carbocycles. The van der Waals surface area contributed by atoms with Crippen molar-refractivity contribution in [1.82, 2.24) is 4.90 Å². The number of hydrogen-bond acceptors (Lipinski definition) is 1. The number of rotatable bonds is 2. The van der Waals surface area contributed by atoms with Gasteiger partial charge in [0.25, 0.3) is 0 Å². The maximum Gasteiger partial charge on any atom is 0.408 e. The Bertz CT molecular complexity index is 429. The Morgan fingerprint density at radius 2 is 2.06 bits per heavy atom. The molecule has 0 aliphatic rings. The first-order valence-corrected chi connectivity index (χ1v) is 6.33. The van der Waals surface area contributed by atoms with Gasteiger partial charge in [-0.2, -0.15) is 0 Å². The van der Waals surface area contributed by atoms with Gasteiger partial charge in [0.1, 0.15) is 0 Å². The summed E-state index contributed by atoms with van der Waals surface area (Å²) in [5.41, 5.74) is 0.456. The first kappa shape index (κ1) is 14.3. The second-order valence-electron chi connectivity index (χ2n) is 4.78. The summed E-state index contributed by atoms with van der Waals surface area (Å²) in [5, 5.41) is 9.82. The van der Waals surface area contributed by atoms with E-state index in [1.54, 1.807) is 12.1 Å². The van der Waals surface area contributed by atoms with Crippen LogP contribution in [0.5, 0.6) is 0 Å². The second-order valence-corrected chi connectivity index (χ2v) is 6.07. The van der Waals surface area contributed by atoms with Gasteiger partial charge in [-0.25, -0.2) is 4.79 Å². The number of halogens is 2. The van der Waals surface area contributed by atoms with Crippen molar-refractivity contribution in [3.05, 3.63) is 33.3 Å². The molecule has 0 aliphatic heterocycles. The number of carbonyl (C=O) groups is 1. The SMILES string of the molecule is CC(C)(C)N(Cc1ccc(Cl)cc1Br)C(=O)O. The third-order valence-electron chi connectivity index (χ3n) is 2.38. The fraction of sp³-hybridized carbons (Fsp3) is 0.417. The fourth-order valence-corrected chi connectivity index (χ4v) is 2.22. The lowest BCUT2D eigenvalue weighted by Crippen LogP contribution is -2.44. The van der Waals surface area contributed by atoms with Crippen LogP contribution in [0.2, 0.25) is 5.02 Å². The standard InChI is InChI=1S/C12H15BrClNO2/c1-12(2,3)15(11(16)17)7-8-4-5-9(14)6-10(8)13/h4-6H,7H2,1-3H3,(H,16,17). The first-order valence-electron chi connectivity index (χ1n) is 5.16. The molecule has 0 fully saturated rings. The van der Waals surface area contributed by atoms with Crippen LogP contribution in [0, 0.1) is 0 Å². The van der Waals surface area contributed by atoms with Gasteiger partial charge in [-0.1, -0.05) is 33.6 Å². The molecule has 0 aromatic heterocycles. The lowest BCUT2D eigenvalue weighted by atomic mass is 10.1. The average Bonchev–Trinajstić information content (AvgIpc) is 2.13. The average molecular weight is 321 g/mol. The minimum absolute atomic E-state index is 0.330. The molecule has 0 aliphatic carbocycles. The Hall–Kier alpha value is -0.740. The van der Waals surface area contributed by atoms with Crippen LogP contribution >= 0.6 is 27.5 Å². The highest BCUT2D eigenvalue weighted by Crippen LogP contribution is 2.25. The summed E-state index contributed by atoms with van der Waals surface area (Å²) in [6, 6.07) is 5.35. The normalized spacial score (nSPS) is 11.4. The van der Waals surface area contributed by atoms with Crippen molar-refractivity contribution in [3.63, 3.8) is 0 Å². The van der Waals surface area contributed by atoms with E-state index in [1.165, 1.54) is 4.90 Å². The Labute approximate surface area is 115 Å². The number of amides is 1. The molecule has 0 spiro atoms. The molecule has 1 rings (SSSR count). The van der Waals surface area contributed by atoms with Crippen molar-refractivity contribution in [2.45, 2.75) is 32.9 Å². The number of hydrogen-bond donors (Lipinski definition) is 1. The maximum atomic E-state index is 11.2. The van der Waals surface area contributed by atoms with Crippen molar-refractivity contribution < 1.29 is 9.90 Å². The van der Waals surface area contributed by atoms with Crippen molar-refractivity contribution in [1.29, 1.82) is 0 Å². The molecule has 0 unspecified atom stereocenters. The molecule has 0 atom stereocenters. The van der Waals surface area contributed by atoms with E-state index >= 15 is 0 Å². The van der Waals surface area contributed by atoms with Crippen LogP contribution in [0.3, 0.4) is 0 Å². The molecule has 1 amide bonds. The van der Waals surface area contributed by atoms with Crippen molar-refractivity contribution in [2.24, 2.45) is 0 Å². The molecule has 1 aromatic carbocycles. The summed E-state index contributed by atoms with van der Waals surface area (Å²) >= 11 is 9.23. The lowest BCUT2D eigenvalue weighted by molar-refractivity contribution is 0.0954. The van der Waals surface area contributed by atoms with Gasteiger partial charge >= 0.3 is 6.09 Å². The van der Waals surface area contributed by atoms with Gasteiger partial charge < -0.3 is 5.11 Å². The van der Waals surface area contributed by atoms with Gasteiger partial charge in [-0.3, -0.25) is 4.90 Å². The second kappa shape index (κ2) is 5.27. The topological polar surface area (TPSA) is 40.5 Å². The summed E-state index contributed by atoms with van der Waals surface area (Å²) in [4.78, 5) is 12.6. The molecule has 94 valence electrons. The molecule has 1 N–H and O–H groups in total. The highest BCUT2D eigenvalue weighted by atomic mass is 79.9. The van der Waals surface area contributed by atoms with E-state index in [-0.39, 0.29) is 0 Å². The van der Waals surface area contributed by atoms with E-state index in [0.29, 0.717) is 11.6 Å². The zero-order valence-corrected chi connectivity index (χ0v) is 12.3. The summed E-state index contributed by atoms with van der Waals surface area (Å²) in [6.07, 6.45) is -0.931. The van der Waals surface area contributed by atoms with Gasteiger partial charge in [0.2, 0.25) is 0 Å². The van der Waals surface area contributed by atoms with Crippen molar-refractivity contribution >= 4 is 33.6 Å². The molecule has 0 radical (unpaired) electrons. The van der Waals surface area contributed by atoms with Crippen LogP contribution in [0.1, 0.15) is 26.3 Å². The van der Waals surface area contributed by atoms with E-state index in [9.17, 15) is 9.90 Å². The predicted molar refractivity (Wildman–Crippen MR) is 72.5 cm³/mol. The Kier molecular flexibility index (Phi) is 4.44. The summed E-state index contributed by atoms with van der Waals surface area (Å²) in [5.74, 6) is 0. The molecule has 5 heteroatoms. The van der Waals surface area contributed by atoms with Crippen LogP contribution in [-0.2, 0) is 6.54 Å². The Balaban J connectivity index is 2.98. The van der Waals surface area contributed by atoms with Crippen LogP contribution in [0.15, 0.2) is 22.7 Å². The predicted octanol–water partition coefficient (Wildman–Crippen LogP) is 4.38. The molecular weight excluding hydrogens is 305 g/mol. The van der Waals surface area contributed by atoms with Crippen LogP contribution < -0.4 is 0 Å². The molecule has 0 saturated heterocycles. The molecule has 0 heterocycles. The highest BCUT2D eigenvalue weighted by Gasteiger charge is 2.26. The van der Waals surface area contributed by atoms with Gasteiger partial charge in [-0.05, 0) is 38.5 Å². The van der Waals surface area contributed by atoms with Gasteiger partial charge in [0, 0.05) is 15.0 Å². The van der Waals surface area contributed by atoms with Crippen LogP contribution in [-0.4, -0.2) is 21.6 Å². The number of nitrogens with zero attached hydrogens (tertiary/aromatic N) is 1. The summed E-state index contributed by atoms with van der Waals surface area (Å²) < 4.78 is 0.820. The minimum atomic E-state index is -0.931. The molecule has 3 nitrogen and oxygen atoms in total. The lowest BCUT2D eigenvalue weighted by Gasteiger charge is -2.33. The van der Waals surface area contributed by atoms with Gasteiger partial charge in [-0.15, -0.1) is 0 Å². The van der Waals surface area contributed by atoms with Crippen molar-refractivity contribution in [2.75, 3.05) is 0 Å². The van der Waals surface area contributed by atoms with Gasteiger partial charge in [0.05, 0.1) is 6.54 Å². The molecular formula is C12H15BrClNO2. The zero-order chi connectivity index (χ0) is 13.2. The van der Waals surface area contributed by atoms with E-state index in [4.69, 9.17) is 11.6 Å². The third-order valence-corrected chi connectivity index (χ3v) is 3.36. The number of carboxylic acid groups (broad SMARTS) is 1. The Morgan fingerprint density at radius 1 is 1.47 bits per heavy atom. The largest absolute Gasteiger partial charge is 0.465 e. The van der Waals surface area contributed by atoms with Gasteiger partial charge in [0.15, 0.2) is 0 Å².